The van der Waals surface area contributed by atoms with Gasteiger partial charge in [-0.05, 0) is 25.7 Å². The lowest BCUT2D eigenvalue weighted by Gasteiger charge is -2.42. The molecule has 0 aromatic rings. The molecule has 1 aliphatic rings. The number of aliphatic carboxylic acids is 1. The van der Waals surface area contributed by atoms with Crippen LogP contribution in [0.15, 0.2) is 0 Å². The normalized spacial score (nSPS) is 21.2. The van der Waals surface area contributed by atoms with Gasteiger partial charge in [0.1, 0.15) is 24.4 Å². The molecule has 1 amide bonds. The molecule has 0 bridgehead atoms. The SMILES string of the molecule is O=C(O)CCCCCCCCCCC(=O)N(CCO[C@@H]1O[C@H](CO)[C@H](O)[C@H](O)[C@H]1O)NCCCCCCCC(F)(F)C(F)(F)C(F)(F)C(F)(F)C(F)(F)C(F)(F)C(F)(F)C(F)(F)F. The largest absolute Gasteiger partial charge is 0.481 e. The number of alkyl halides is 17. The quantitative estimate of drug-likeness (QED) is 0.0233. The zero-order valence-corrected chi connectivity index (χ0v) is 33.3. The molecule has 1 heterocycles. The summed E-state index contributed by atoms with van der Waals surface area (Å²) in [7, 11) is 0. The van der Waals surface area contributed by atoms with Gasteiger partial charge in [-0.3, -0.25) is 14.6 Å². The highest BCUT2D eigenvalue weighted by Gasteiger charge is 2.95. The van der Waals surface area contributed by atoms with E-state index in [1.807, 2.05) is 0 Å². The lowest BCUT2D eigenvalue weighted by molar-refractivity contribution is -0.461. The van der Waals surface area contributed by atoms with Crippen LogP contribution in [-0.4, -0.2) is 147 Å². The summed E-state index contributed by atoms with van der Waals surface area (Å²) in [5.74, 6) is -57.9. The smallest absolute Gasteiger partial charge is 0.460 e. The Hall–Kier alpha value is -2.53. The molecule has 1 saturated heterocycles. The molecule has 6 N–H and O–H groups in total. The minimum absolute atomic E-state index is 0.00236. The molecular weight excluding hydrogens is 915 g/mol. The Bertz CT molecular complexity index is 1390. The van der Waals surface area contributed by atoms with Gasteiger partial charge in [-0.2, -0.15) is 74.6 Å². The summed E-state index contributed by atoms with van der Waals surface area (Å²) in [4.78, 5) is 23.6. The lowest BCUT2D eigenvalue weighted by atomic mass is 9.87. The highest BCUT2D eigenvalue weighted by atomic mass is 19.4. The van der Waals surface area contributed by atoms with Crippen LogP contribution >= 0.6 is 0 Å². The number of ether oxygens (including phenoxy) is 2. The van der Waals surface area contributed by atoms with E-state index in [1.54, 1.807) is 0 Å². The number of rotatable bonds is 31. The summed E-state index contributed by atoms with van der Waals surface area (Å²) < 4.78 is 240. The number of halogens is 17. The fraction of sp³-hybridized carbons (Fsp3) is 0.943. The maximum atomic E-state index is 14.2. The van der Waals surface area contributed by atoms with E-state index >= 15 is 0 Å². The fourth-order valence-corrected chi connectivity index (χ4v) is 6.07. The number of aliphatic hydroxyl groups excluding tert-OH is 4. The molecule has 1 aliphatic heterocycles. The molecule has 28 heteroatoms. The fourth-order valence-electron chi connectivity index (χ4n) is 6.07. The van der Waals surface area contributed by atoms with Gasteiger partial charge in [-0.15, -0.1) is 0 Å². The summed E-state index contributed by atoms with van der Waals surface area (Å²) in [6.07, 6.45) is -14.8. The van der Waals surface area contributed by atoms with E-state index in [4.69, 9.17) is 14.6 Å². The number of unbranched alkanes of at least 4 members (excludes halogenated alkanes) is 11. The Morgan fingerprint density at radius 2 is 0.984 bits per heavy atom. The third kappa shape index (κ3) is 14.2. The Morgan fingerprint density at radius 1 is 0.556 bits per heavy atom. The van der Waals surface area contributed by atoms with Crippen molar-refractivity contribution in [1.82, 2.24) is 10.4 Å². The third-order valence-corrected chi connectivity index (χ3v) is 10.0. The average molecular weight is 967 g/mol. The number of amides is 1. The van der Waals surface area contributed by atoms with Crippen LogP contribution in [0.5, 0.6) is 0 Å². The third-order valence-electron chi connectivity index (χ3n) is 10.0. The van der Waals surface area contributed by atoms with E-state index in [-0.39, 0.29) is 51.8 Å². The number of carboxylic acids is 1. The van der Waals surface area contributed by atoms with Gasteiger partial charge in [-0.25, -0.2) is 5.43 Å². The Morgan fingerprint density at radius 3 is 1.46 bits per heavy atom. The van der Waals surface area contributed by atoms with E-state index in [2.05, 4.69) is 5.43 Å². The van der Waals surface area contributed by atoms with E-state index in [0.29, 0.717) is 19.3 Å². The van der Waals surface area contributed by atoms with Crippen LogP contribution < -0.4 is 5.43 Å². The number of nitrogens with one attached hydrogen (secondary N) is 1. The van der Waals surface area contributed by atoms with E-state index in [9.17, 15) is 105 Å². The number of carbonyl (C=O) groups excluding carboxylic acids is 1. The van der Waals surface area contributed by atoms with Gasteiger partial charge in [0.2, 0.25) is 5.91 Å². The van der Waals surface area contributed by atoms with Gasteiger partial charge < -0.3 is 35.0 Å². The van der Waals surface area contributed by atoms with E-state index in [1.165, 1.54) is 0 Å². The average Bonchev–Trinajstić information content (AvgIpc) is 3.17. The topological polar surface area (TPSA) is 169 Å². The van der Waals surface area contributed by atoms with Crippen LogP contribution in [0, 0.1) is 0 Å². The summed E-state index contributed by atoms with van der Waals surface area (Å²) in [6.45, 7) is -1.45. The lowest BCUT2D eigenvalue weighted by Crippen LogP contribution is -2.74. The number of hydrogen-bond acceptors (Lipinski definition) is 9. The first-order valence-corrected chi connectivity index (χ1v) is 19.6. The molecule has 63 heavy (non-hydrogen) atoms. The predicted molar refractivity (Wildman–Crippen MR) is 182 cm³/mol. The van der Waals surface area contributed by atoms with Gasteiger partial charge in [0.15, 0.2) is 6.29 Å². The number of hydrazine groups is 1. The van der Waals surface area contributed by atoms with Crippen molar-refractivity contribution in [2.75, 3.05) is 26.3 Å². The molecule has 5 atom stereocenters. The number of aliphatic hydroxyl groups is 4. The van der Waals surface area contributed by atoms with Crippen LogP contribution in [0.25, 0.3) is 0 Å². The summed E-state index contributed by atoms with van der Waals surface area (Å²) >= 11 is 0. The Labute approximate surface area is 349 Å². The van der Waals surface area contributed by atoms with Crippen molar-refractivity contribution in [3.8, 4) is 0 Å². The molecule has 11 nitrogen and oxygen atoms in total. The van der Waals surface area contributed by atoms with Crippen molar-refractivity contribution >= 4 is 11.9 Å². The summed E-state index contributed by atoms with van der Waals surface area (Å²) in [5, 5.41) is 49.1. The van der Waals surface area contributed by atoms with Gasteiger partial charge in [0, 0.05) is 25.8 Å². The first kappa shape index (κ1) is 58.5. The summed E-state index contributed by atoms with van der Waals surface area (Å²) in [6, 6.07) is 0. The molecule has 0 saturated carbocycles. The molecule has 1 rings (SSSR count). The Kier molecular flexibility index (Phi) is 22.1. The van der Waals surface area contributed by atoms with Crippen LogP contribution in [0.4, 0.5) is 74.6 Å². The zero-order chi connectivity index (χ0) is 48.9. The maximum Gasteiger partial charge on any atom is 0.460 e. The molecule has 0 radical (unpaired) electrons. The first-order valence-electron chi connectivity index (χ1n) is 19.6. The van der Waals surface area contributed by atoms with Gasteiger partial charge in [0.25, 0.3) is 0 Å². The zero-order valence-electron chi connectivity index (χ0n) is 33.3. The second-order valence-corrected chi connectivity index (χ2v) is 14.9. The molecule has 0 aromatic carbocycles. The Balaban J connectivity index is 2.80. The van der Waals surface area contributed by atoms with E-state index < -0.39 is 116 Å². The molecule has 0 unspecified atom stereocenters. The van der Waals surface area contributed by atoms with E-state index in [0.717, 1.165) is 37.1 Å². The highest BCUT2D eigenvalue weighted by molar-refractivity contribution is 5.75. The highest BCUT2D eigenvalue weighted by Crippen LogP contribution is 2.64. The molecule has 0 spiro atoms. The number of nitrogens with zero attached hydrogens (tertiary/aromatic N) is 1. The van der Waals surface area contributed by atoms with Crippen molar-refractivity contribution in [2.45, 2.75) is 181 Å². The monoisotopic (exact) mass is 966 g/mol. The van der Waals surface area contributed by atoms with Crippen molar-refractivity contribution in [2.24, 2.45) is 0 Å². The standard InChI is InChI=1S/C35H51F17N2O9/c36-28(37,29(38,39)30(40,41)31(42,43)32(44,45)33(46,47)34(48,49)35(50,51)52)16-12-8-5-9-13-17-53-54(18-19-62-27-26(61)25(60)24(59)21(20-55)63-27)22(56)14-10-6-3-1-2-4-7-11-15-23(57)58/h21,24-27,53,55,59-61H,1-20H2,(H,57,58)/t21-,24+,25+,26-,27-/m1/s1. The van der Waals surface area contributed by atoms with Crippen molar-refractivity contribution in [3.63, 3.8) is 0 Å². The second kappa shape index (κ2) is 23.8. The van der Waals surface area contributed by atoms with Crippen LogP contribution in [0.2, 0.25) is 0 Å². The maximum absolute atomic E-state index is 14.2. The van der Waals surface area contributed by atoms with Gasteiger partial charge in [-0.1, -0.05) is 57.8 Å². The van der Waals surface area contributed by atoms with Crippen LogP contribution in [-0.2, 0) is 19.1 Å². The molecule has 1 fully saturated rings. The minimum atomic E-state index is -8.68. The van der Waals surface area contributed by atoms with Crippen molar-refractivity contribution in [3.05, 3.63) is 0 Å². The van der Waals surface area contributed by atoms with Gasteiger partial charge in [0.05, 0.1) is 19.8 Å². The van der Waals surface area contributed by atoms with Crippen molar-refractivity contribution in [1.29, 1.82) is 0 Å². The van der Waals surface area contributed by atoms with Crippen LogP contribution in [0.3, 0.4) is 0 Å². The first-order chi connectivity index (χ1) is 28.7. The molecule has 0 aliphatic carbocycles. The summed E-state index contributed by atoms with van der Waals surface area (Å²) in [5.41, 5.74) is 2.73. The van der Waals surface area contributed by atoms with Gasteiger partial charge >= 0.3 is 53.6 Å². The minimum Gasteiger partial charge on any atom is -0.481 e. The molecule has 374 valence electrons. The molecular formula is C35H51F17N2O9. The second-order valence-electron chi connectivity index (χ2n) is 14.9. The number of hydrogen-bond donors (Lipinski definition) is 6. The number of carboxylic acid groups (broad SMARTS) is 1. The van der Waals surface area contributed by atoms with Crippen molar-refractivity contribution < 1.29 is 119 Å². The van der Waals surface area contributed by atoms with Crippen LogP contribution in [0.1, 0.15) is 103 Å². The predicted octanol–water partition coefficient (Wildman–Crippen LogP) is 7.47. The number of carbonyl (C=O) groups is 2. The molecule has 0 aromatic heterocycles.